The van der Waals surface area contributed by atoms with Crippen LogP contribution in [0.3, 0.4) is 0 Å². The number of benzene rings is 2. The number of sulfonamides is 1. The lowest BCUT2D eigenvalue weighted by Crippen LogP contribution is -2.44. The van der Waals surface area contributed by atoms with E-state index in [0.717, 1.165) is 22.0 Å². The Morgan fingerprint density at radius 2 is 1.85 bits per heavy atom. The van der Waals surface area contributed by atoms with Gasteiger partial charge in [0.2, 0.25) is 10.0 Å². The number of aromatic nitrogens is 1. The number of aromatic amines is 1. The number of carbonyl (C=O) groups excluding carboxylic acids is 1. The van der Waals surface area contributed by atoms with Crippen molar-refractivity contribution in [1.29, 1.82) is 0 Å². The molecule has 2 aromatic carbocycles. The summed E-state index contributed by atoms with van der Waals surface area (Å²) in [4.78, 5) is 15.8. The van der Waals surface area contributed by atoms with E-state index in [4.69, 9.17) is 4.65 Å². The molecule has 0 unspecified atom stereocenters. The maximum atomic E-state index is 13.2. The summed E-state index contributed by atoms with van der Waals surface area (Å²) >= 11 is 0. The van der Waals surface area contributed by atoms with Gasteiger partial charge in [-0.05, 0) is 37.5 Å². The molecule has 0 saturated carbocycles. The first-order valence-electron chi connectivity index (χ1n) is 8.73. The molecule has 0 spiro atoms. The monoisotopic (exact) mass is 382 g/mol. The Balaban J connectivity index is 1.72. The second-order valence-corrected chi connectivity index (χ2v) is 8.61. The molecule has 1 N–H and O–H groups in total. The average molecular weight is 382 g/mol. The second-order valence-electron chi connectivity index (χ2n) is 6.76. The van der Waals surface area contributed by atoms with Crippen LogP contribution in [0.1, 0.15) is 11.1 Å². The number of nitrogens with zero attached hydrogens (tertiary/aromatic N) is 1. The Labute approximate surface area is 158 Å². The van der Waals surface area contributed by atoms with Crippen LogP contribution < -0.4 is 0 Å². The number of nitrogens with one attached hydrogen (secondary N) is 1. The van der Waals surface area contributed by atoms with Gasteiger partial charge < -0.3 is 9.64 Å². The van der Waals surface area contributed by atoms with E-state index in [-0.39, 0.29) is 11.3 Å². The molecule has 1 atom stereocenters. The maximum absolute atomic E-state index is 13.2. The third-order valence-electron chi connectivity index (χ3n) is 4.91. The van der Waals surface area contributed by atoms with E-state index in [0.29, 0.717) is 0 Å². The molecule has 3 aromatic rings. The van der Waals surface area contributed by atoms with Crippen molar-refractivity contribution in [3.8, 4) is 0 Å². The Morgan fingerprint density at radius 1 is 1.15 bits per heavy atom. The van der Waals surface area contributed by atoms with Gasteiger partial charge in [-0.25, -0.2) is 8.42 Å². The number of hydrogen-bond acceptors (Lipinski definition) is 4. The van der Waals surface area contributed by atoms with Crippen molar-refractivity contribution in [1.82, 2.24) is 9.20 Å². The highest BCUT2D eigenvalue weighted by atomic mass is 32.2. The first kappa shape index (κ1) is 17.8. The molecule has 1 aromatic heterocycles. The molecule has 138 valence electrons. The highest BCUT2D eigenvalue weighted by Crippen LogP contribution is 2.29. The van der Waals surface area contributed by atoms with Gasteiger partial charge in [-0.3, -0.25) is 4.79 Å². The zero-order chi connectivity index (χ0) is 19.2. The van der Waals surface area contributed by atoms with Crippen molar-refractivity contribution in [3.05, 3.63) is 65.9 Å². The maximum Gasteiger partial charge on any atom is 0.463 e. The molecule has 1 aliphatic heterocycles. The molecule has 27 heavy (non-hydrogen) atoms. The summed E-state index contributed by atoms with van der Waals surface area (Å²) in [7, 11) is -4.71. The molecule has 2 heterocycles. The van der Waals surface area contributed by atoms with Gasteiger partial charge in [-0.2, -0.15) is 4.22 Å². The number of para-hydroxylation sites is 1. The molecule has 0 amide bonds. The van der Waals surface area contributed by atoms with E-state index in [1.165, 1.54) is 4.22 Å². The Kier molecular flexibility index (Phi) is 4.32. The molecule has 6 nitrogen and oxygen atoms in total. The van der Waals surface area contributed by atoms with Crippen LogP contribution in [0, 0.1) is 6.92 Å². The summed E-state index contributed by atoms with van der Waals surface area (Å²) in [5.41, 5.74) is 2.79. The van der Waals surface area contributed by atoms with E-state index in [9.17, 15) is 13.2 Å². The number of hydrogen-bond donors (Lipinski definition) is 1. The van der Waals surface area contributed by atoms with Crippen LogP contribution in [0.4, 0.5) is 0 Å². The Bertz CT molecular complexity index is 1110. The van der Waals surface area contributed by atoms with Gasteiger partial charge in [0.25, 0.3) is 0 Å². The summed E-state index contributed by atoms with van der Waals surface area (Å²) in [6.07, 6.45) is 2.07. The van der Waals surface area contributed by atoms with Gasteiger partial charge in [0.05, 0.1) is 4.90 Å². The molecule has 1 aliphatic rings. The summed E-state index contributed by atoms with van der Waals surface area (Å²) in [5, 5.41) is 0.970. The Hall–Kier alpha value is -2.58. The fraction of sp³-hybridized carbons (Fsp3) is 0.211. The first-order valence-corrected chi connectivity index (χ1v) is 10.2. The lowest BCUT2D eigenvalue weighted by atomic mass is 9.88. The van der Waals surface area contributed by atoms with Crippen LogP contribution >= 0.6 is 0 Å². The van der Waals surface area contributed by atoms with Gasteiger partial charge >= 0.3 is 13.0 Å². The lowest BCUT2D eigenvalue weighted by molar-refractivity contribution is -0.134. The van der Waals surface area contributed by atoms with Gasteiger partial charge in [0.1, 0.15) is 6.04 Å². The fourth-order valence-corrected chi connectivity index (χ4v) is 5.19. The third-order valence-corrected chi connectivity index (χ3v) is 6.88. The lowest BCUT2D eigenvalue weighted by Gasteiger charge is -2.22. The summed E-state index contributed by atoms with van der Waals surface area (Å²) in [6.45, 7) is 3.47. The Morgan fingerprint density at radius 3 is 2.59 bits per heavy atom. The van der Waals surface area contributed by atoms with Crippen molar-refractivity contribution < 1.29 is 17.9 Å². The van der Waals surface area contributed by atoms with Crippen LogP contribution in [0.15, 0.2) is 59.6 Å². The number of aryl methyl sites for hydroxylation is 1. The molecular formula is C19H19BN2O4S. The predicted molar refractivity (Wildman–Crippen MR) is 104 cm³/mol. The molecule has 0 bridgehead atoms. The van der Waals surface area contributed by atoms with Crippen LogP contribution in [-0.2, 0) is 25.9 Å². The van der Waals surface area contributed by atoms with E-state index < -0.39 is 29.1 Å². The van der Waals surface area contributed by atoms with Crippen LogP contribution in [-0.4, -0.2) is 36.7 Å². The van der Waals surface area contributed by atoms with Crippen molar-refractivity contribution >= 4 is 33.9 Å². The molecule has 1 fully saturated rings. The van der Waals surface area contributed by atoms with Crippen LogP contribution in [0.25, 0.3) is 10.9 Å². The van der Waals surface area contributed by atoms with Crippen molar-refractivity contribution in [3.63, 3.8) is 0 Å². The standard InChI is InChI=1S/C19H19BN2O4S/c1-13-7-9-15(10-8-13)27(24,25)22-18(19(23)26-20(22)2)11-14-12-21-17-6-4-3-5-16(14)17/h3-10,12,18,21H,11H2,1-2H3/t18-/m0/s1. The largest absolute Gasteiger partial charge is 0.518 e. The summed E-state index contributed by atoms with van der Waals surface area (Å²) in [6, 6.07) is 13.4. The highest BCUT2D eigenvalue weighted by Gasteiger charge is 2.50. The van der Waals surface area contributed by atoms with Crippen molar-refractivity contribution in [2.24, 2.45) is 0 Å². The minimum atomic E-state index is -3.87. The highest BCUT2D eigenvalue weighted by molar-refractivity contribution is 7.90. The molecular weight excluding hydrogens is 363 g/mol. The third kappa shape index (κ3) is 3.04. The SMILES string of the molecule is CB1OC(=O)[C@H](Cc2c[nH]c3ccccc23)N1S(=O)(=O)c1ccc(C)cc1. The molecule has 0 aliphatic carbocycles. The second kappa shape index (κ2) is 6.54. The van der Waals surface area contributed by atoms with Crippen LogP contribution in [0.5, 0.6) is 0 Å². The molecule has 4 rings (SSSR count). The van der Waals surface area contributed by atoms with Crippen molar-refractivity contribution in [2.45, 2.75) is 31.1 Å². The van der Waals surface area contributed by atoms with E-state index in [1.807, 2.05) is 37.4 Å². The van der Waals surface area contributed by atoms with E-state index in [2.05, 4.69) is 4.98 Å². The first-order chi connectivity index (χ1) is 12.9. The summed E-state index contributed by atoms with van der Waals surface area (Å²) in [5.74, 6) is -0.525. The zero-order valence-electron chi connectivity index (χ0n) is 15.0. The predicted octanol–water partition coefficient (Wildman–Crippen LogP) is 2.75. The fourth-order valence-electron chi connectivity index (χ4n) is 3.53. The minimum Gasteiger partial charge on any atom is -0.518 e. The molecule has 8 heteroatoms. The van der Waals surface area contributed by atoms with Gasteiger partial charge in [0, 0.05) is 23.5 Å². The molecule has 1 saturated heterocycles. The van der Waals surface area contributed by atoms with Crippen LogP contribution in [0.2, 0.25) is 6.82 Å². The average Bonchev–Trinajstić information content (AvgIpc) is 3.17. The quantitative estimate of drug-likeness (QED) is 0.704. The van der Waals surface area contributed by atoms with Gasteiger partial charge in [0.15, 0.2) is 0 Å². The number of rotatable bonds is 4. The molecule has 0 radical (unpaired) electrons. The number of H-pyrrole nitrogens is 1. The topological polar surface area (TPSA) is 79.5 Å². The van der Waals surface area contributed by atoms with E-state index in [1.54, 1.807) is 31.1 Å². The number of fused-ring (bicyclic) bond motifs is 1. The van der Waals surface area contributed by atoms with Gasteiger partial charge in [-0.15, -0.1) is 0 Å². The van der Waals surface area contributed by atoms with Crippen molar-refractivity contribution in [2.75, 3.05) is 0 Å². The zero-order valence-corrected chi connectivity index (χ0v) is 15.9. The van der Waals surface area contributed by atoms with E-state index >= 15 is 0 Å². The van der Waals surface area contributed by atoms with Gasteiger partial charge in [-0.1, -0.05) is 35.9 Å². The number of carbonyl (C=O) groups is 1. The normalized spacial score (nSPS) is 18.2. The summed E-state index contributed by atoms with van der Waals surface area (Å²) < 4.78 is 32.8. The smallest absolute Gasteiger partial charge is 0.463 e. The minimum absolute atomic E-state index is 0.155.